The van der Waals surface area contributed by atoms with Gasteiger partial charge in [-0.05, 0) is 95.8 Å². The first-order chi connectivity index (χ1) is 64.3. The summed E-state index contributed by atoms with van der Waals surface area (Å²) in [7, 11) is 0. The van der Waals surface area contributed by atoms with Crippen LogP contribution in [0.1, 0.15) is 162 Å². The molecule has 137 heavy (non-hydrogen) atoms. The molecule has 0 saturated carbocycles. The summed E-state index contributed by atoms with van der Waals surface area (Å²) in [5.74, 6) is -11.7. The summed E-state index contributed by atoms with van der Waals surface area (Å²) in [6.45, 7) is 8.97. The Kier molecular flexibility index (Phi) is 61.7. The molecule has 3 atom stereocenters. The number of carboxylic acid groups (broad SMARTS) is 4. The first kappa shape index (κ1) is 123. The molecule has 0 saturated heterocycles. The molecule has 49 nitrogen and oxygen atoms in total. The van der Waals surface area contributed by atoms with Crippen LogP contribution in [-0.4, -0.2) is 361 Å². The van der Waals surface area contributed by atoms with Gasteiger partial charge in [0, 0.05) is 145 Å². The van der Waals surface area contributed by atoms with Crippen LogP contribution < -0.4 is 68.8 Å². The molecule has 0 fully saturated rings. The quantitative estimate of drug-likeness (QED) is 0.0145. The highest BCUT2D eigenvalue weighted by Crippen LogP contribution is 2.20. The van der Waals surface area contributed by atoms with Crippen LogP contribution in [0.4, 0.5) is 0 Å². The zero-order valence-electron chi connectivity index (χ0n) is 79.1. The maximum Gasteiger partial charge on any atom is 0.312 e. The second kappa shape index (κ2) is 68.8. The van der Waals surface area contributed by atoms with E-state index in [1.807, 2.05) is 74.6 Å². The zero-order chi connectivity index (χ0) is 104. The Bertz CT molecular complexity index is 4600. The number of H-pyrrole nitrogens is 1. The minimum Gasteiger partial charge on any atom is -0.481 e. The van der Waals surface area contributed by atoms with Crippen molar-refractivity contribution < 1.29 is 116 Å². The van der Waals surface area contributed by atoms with Gasteiger partial charge in [0.15, 0.2) is 47.0 Å². The van der Waals surface area contributed by atoms with Crippen LogP contribution in [0.25, 0.3) is 10.9 Å². The van der Waals surface area contributed by atoms with Crippen LogP contribution in [0.5, 0.6) is 0 Å². The van der Waals surface area contributed by atoms with Gasteiger partial charge in [-0.3, -0.25) is 116 Å². The average Bonchev–Trinajstić information content (AvgIpc) is 1.69. The number of ketones is 8. The molecule has 0 aliphatic carbocycles. The highest BCUT2D eigenvalue weighted by Gasteiger charge is 2.29. The molecule has 1 aromatic heterocycles. The summed E-state index contributed by atoms with van der Waals surface area (Å²) in [5, 5.41) is 36.2. The third-order valence-electron chi connectivity index (χ3n) is 19.2. The van der Waals surface area contributed by atoms with Crippen molar-refractivity contribution in [3.8, 4) is 0 Å². The molecule has 3 rings (SSSR count). The van der Waals surface area contributed by atoms with Crippen molar-refractivity contribution in [1.82, 2.24) is 44.2 Å². The first-order valence-corrected chi connectivity index (χ1v) is 44.2. The number of carboxylic acids is 4. The maximum atomic E-state index is 12.9. The van der Waals surface area contributed by atoms with Crippen molar-refractivity contribution >= 4 is 152 Å². The molecule has 0 spiro atoms. The number of Topliss-reactive ketones (excluding diaryl/α,β-unsaturated/α-hetero) is 8. The van der Waals surface area contributed by atoms with E-state index in [9.17, 15) is 95.9 Å². The van der Waals surface area contributed by atoms with E-state index >= 15 is 0 Å². The number of nitrogens with one attached hydrogen (secondary N) is 1. The molecular weight excluding hydrogens is 1790 g/mol. The van der Waals surface area contributed by atoms with Crippen molar-refractivity contribution in [3.05, 3.63) is 71.9 Å². The predicted molar refractivity (Wildman–Crippen MR) is 507 cm³/mol. The number of aliphatic imine (C=N–C) groups is 4. The Morgan fingerprint density at radius 1 is 0.336 bits per heavy atom. The van der Waals surface area contributed by atoms with Crippen LogP contribution in [0.15, 0.2) is 80.8 Å². The Balaban J connectivity index is 0.00000181. The topological polar surface area (TPSA) is 826 Å². The number of rotatable bonds is 66. The number of para-hydroxylation sites is 1. The zero-order valence-corrected chi connectivity index (χ0v) is 79.1. The molecule has 2 aromatic carbocycles. The monoisotopic (exact) mass is 1930 g/mol. The van der Waals surface area contributed by atoms with Crippen molar-refractivity contribution in [3.63, 3.8) is 0 Å². The standard InChI is InChI=1S/C26H37N7O6.C24H36N6O6.C21H38N6O6.C17H30N6O6/c1-17(34)14-32(24(37)12-25(38)39)10-4-5-20(35)16-33(23(36)8-9-30-26(28)29)15-19(27)11-18-13-31-22-7-3-2-6-21(18)22;1-17(31)14-29(22(34)13-23(35)36)11-5-8-20(32)16-30(21(33)9-10-28-24(26)27)15-19(25)12-18-6-3-2-4-7-18;1-14(2)9-16(22)12-27(18(30)6-7-25-21(23)24)13-17(29)5-4-8-26(11-15(3)28)19(31)10-20(32)33;1-12(24)10-22(15(27)9-16(28)29)7-2-3-13(25)11-23(8-5-18)14(26)4-6-21-17(19)20/h2-3,6-7,13,19,31H,4-5,8-12,14-16,27H2,1H3,(H,38,39)(H4,28,29,30);2-4,6-7,19H,5,8-16,25H2,1H3,(H,35,36)(H4,26,27,28);14,16H,4-13,22H2,1-3H3,(H,32,33)(H4,23,24,25);2-11,18H2,1H3,(H,28,29)(H4,19,20,21)/t2*19-;16-;/m000./s1. The predicted octanol–water partition coefficient (Wildman–Crippen LogP) is -4.17. The summed E-state index contributed by atoms with van der Waals surface area (Å²) in [5.41, 5.74) is 69.5. The fraction of sp³-hybridized carbons (Fsp3) is 0.568. The van der Waals surface area contributed by atoms with Gasteiger partial charge in [-0.25, -0.2) is 0 Å². The number of amides is 8. The van der Waals surface area contributed by atoms with E-state index in [-0.39, 0.29) is 314 Å². The van der Waals surface area contributed by atoms with Gasteiger partial charge in [0.05, 0.1) is 78.5 Å². The Labute approximate surface area is 795 Å². The highest BCUT2D eigenvalue weighted by molar-refractivity contribution is 5.99. The Morgan fingerprint density at radius 3 is 0.891 bits per heavy atom. The van der Waals surface area contributed by atoms with Crippen molar-refractivity contribution in [1.29, 1.82) is 0 Å². The third-order valence-corrected chi connectivity index (χ3v) is 19.2. The van der Waals surface area contributed by atoms with Crippen LogP contribution in [0, 0.1) is 5.92 Å². The summed E-state index contributed by atoms with van der Waals surface area (Å²) < 4.78 is 0. The second-order valence-electron chi connectivity index (χ2n) is 32.7. The number of aliphatic carboxylic acids is 4. The molecule has 49 heteroatoms. The van der Waals surface area contributed by atoms with Crippen LogP contribution in [0.2, 0.25) is 0 Å². The lowest BCUT2D eigenvalue weighted by molar-refractivity contribution is -0.146. The largest absolute Gasteiger partial charge is 0.481 e. The number of benzene rings is 2. The van der Waals surface area contributed by atoms with E-state index < -0.39 is 85.3 Å². The third kappa shape index (κ3) is 61.4. The number of guanidine groups is 4. The SMILES string of the molecule is CC(=O)CN(CCCC(=O)CN(CCN)C(=O)CCN=C(N)N)C(=O)CC(=O)O.CC(=O)CN(CCCC(=O)CN(C[C@@H](N)CC(C)C)C(=O)CCN=C(N)N)C(=O)CC(=O)O.CC(=O)CN(CCCC(=O)CN(C[C@@H](N)Cc1c[nH]c2ccccc12)C(=O)CCN=C(N)N)C(=O)CC(=O)O.CC(=O)CN(CCCC(=O)CN(C[C@@H](N)Cc1ccccc1)C(=O)CCN=C(N)N)C(=O)CC(=O)O. The lowest BCUT2D eigenvalue weighted by Crippen LogP contribution is -2.45. The Hall–Kier alpha value is -14.1. The van der Waals surface area contributed by atoms with Crippen molar-refractivity contribution in [2.24, 2.45) is 94.7 Å². The van der Waals surface area contributed by atoms with Crippen LogP contribution in [0.3, 0.4) is 0 Å². The van der Waals surface area contributed by atoms with Gasteiger partial charge < -0.3 is 133 Å². The fourth-order valence-electron chi connectivity index (χ4n) is 13.4. The number of aromatic amines is 1. The normalized spacial score (nSPS) is 11.2. The van der Waals surface area contributed by atoms with Gasteiger partial charge in [-0.15, -0.1) is 0 Å². The molecule has 3 aromatic rings. The van der Waals surface area contributed by atoms with E-state index in [0.717, 1.165) is 41.6 Å². The molecule has 29 N–H and O–H groups in total. The molecular formula is C88H141N25O24. The van der Waals surface area contributed by atoms with Gasteiger partial charge in [-0.1, -0.05) is 62.4 Å². The number of nitrogens with zero attached hydrogens (tertiary/aromatic N) is 12. The maximum absolute atomic E-state index is 12.9. The van der Waals surface area contributed by atoms with Gasteiger partial charge in [-0.2, -0.15) is 0 Å². The van der Waals surface area contributed by atoms with E-state index in [1.54, 1.807) is 0 Å². The minimum absolute atomic E-state index is 0.000678. The van der Waals surface area contributed by atoms with Crippen LogP contribution in [-0.2, 0) is 109 Å². The fourth-order valence-corrected chi connectivity index (χ4v) is 13.4. The summed E-state index contributed by atoms with van der Waals surface area (Å²) in [4.78, 5) is 266. The smallest absolute Gasteiger partial charge is 0.312 e. The van der Waals surface area contributed by atoms with Gasteiger partial charge in [0.2, 0.25) is 47.3 Å². The van der Waals surface area contributed by atoms with E-state index in [4.69, 9.17) is 89.2 Å². The number of carbonyl (C=O) groups excluding carboxylic acids is 16. The molecule has 0 aliphatic heterocycles. The molecule has 0 aliphatic rings. The van der Waals surface area contributed by atoms with E-state index in [2.05, 4.69) is 25.0 Å². The molecule has 0 bridgehead atoms. The number of nitrogens with two attached hydrogens (primary N) is 12. The van der Waals surface area contributed by atoms with Crippen LogP contribution >= 0.6 is 0 Å². The summed E-state index contributed by atoms with van der Waals surface area (Å²) >= 11 is 0. The number of fused-ring (bicyclic) bond motifs is 1. The molecule has 8 amide bonds. The molecule has 1 heterocycles. The Morgan fingerprint density at radius 2 is 0.606 bits per heavy atom. The summed E-state index contributed by atoms with van der Waals surface area (Å²) in [6, 6.07) is 16.1. The first-order valence-electron chi connectivity index (χ1n) is 44.2. The van der Waals surface area contributed by atoms with Crippen molar-refractivity contribution in [2.45, 2.75) is 182 Å². The van der Waals surface area contributed by atoms with Gasteiger partial charge in [0.25, 0.3) is 0 Å². The lowest BCUT2D eigenvalue weighted by Gasteiger charge is -2.26. The molecule has 0 unspecified atom stereocenters. The second-order valence-corrected chi connectivity index (χ2v) is 32.7. The minimum atomic E-state index is -1.30. The van der Waals surface area contributed by atoms with Gasteiger partial charge in [0.1, 0.15) is 48.8 Å². The van der Waals surface area contributed by atoms with Crippen molar-refractivity contribution in [2.75, 3.05) is 137 Å². The molecule has 762 valence electrons. The number of aromatic nitrogens is 1. The number of carbonyl (C=O) groups is 20. The highest BCUT2D eigenvalue weighted by atomic mass is 16.4. The van der Waals surface area contributed by atoms with Gasteiger partial charge >= 0.3 is 23.9 Å². The molecule has 0 radical (unpaired) electrons. The average molecular weight is 1930 g/mol. The number of hydrogen-bond acceptors (Lipinski definition) is 28. The lowest BCUT2D eigenvalue weighted by atomic mass is 10.0. The van der Waals surface area contributed by atoms with E-state index in [1.165, 1.54) is 47.3 Å². The van der Waals surface area contributed by atoms with E-state index in [0.29, 0.717) is 25.2 Å². The summed E-state index contributed by atoms with van der Waals surface area (Å²) in [6.07, 6.45) is 1.66. The number of hydrogen-bond donors (Lipinski definition) is 17.